The molecular formula is C23H26Cl3NO. The SMILES string of the molecule is CCCCCNCc1c(OCc2ccc(Cl)cc2Cl)ccc2ccccc12.Cl. The molecule has 0 saturated carbocycles. The molecule has 0 unspecified atom stereocenters. The zero-order chi connectivity index (χ0) is 19.1. The summed E-state index contributed by atoms with van der Waals surface area (Å²) >= 11 is 12.3. The minimum Gasteiger partial charge on any atom is -0.488 e. The first-order valence-corrected chi connectivity index (χ1v) is 10.2. The molecule has 2 nitrogen and oxygen atoms in total. The van der Waals surface area contributed by atoms with Gasteiger partial charge in [-0.3, -0.25) is 0 Å². The summed E-state index contributed by atoms with van der Waals surface area (Å²) in [7, 11) is 0. The molecule has 3 aromatic rings. The smallest absolute Gasteiger partial charge is 0.124 e. The van der Waals surface area contributed by atoms with Gasteiger partial charge in [-0.2, -0.15) is 0 Å². The fraction of sp³-hybridized carbons (Fsp3) is 0.304. The van der Waals surface area contributed by atoms with E-state index in [9.17, 15) is 0 Å². The maximum absolute atomic E-state index is 6.29. The monoisotopic (exact) mass is 437 g/mol. The van der Waals surface area contributed by atoms with E-state index in [0.717, 1.165) is 24.4 Å². The van der Waals surface area contributed by atoms with Gasteiger partial charge in [0.05, 0.1) is 0 Å². The summed E-state index contributed by atoms with van der Waals surface area (Å²) in [6, 6.07) is 18.1. The second kappa shape index (κ2) is 11.5. The van der Waals surface area contributed by atoms with Crippen LogP contribution in [0.2, 0.25) is 10.0 Å². The molecule has 0 saturated heterocycles. The Bertz CT molecular complexity index is 898. The molecule has 3 aromatic carbocycles. The molecule has 0 atom stereocenters. The summed E-state index contributed by atoms with van der Waals surface area (Å²) in [5.74, 6) is 0.891. The Morgan fingerprint density at radius 1 is 0.964 bits per heavy atom. The summed E-state index contributed by atoms with van der Waals surface area (Å²) in [5, 5.41) is 7.27. The predicted molar refractivity (Wildman–Crippen MR) is 123 cm³/mol. The molecule has 0 spiro atoms. The minimum atomic E-state index is 0. The van der Waals surface area contributed by atoms with Crippen LogP contribution < -0.4 is 10.1 Å². The second-order valence-electron chi connectivity index (χ2n) is 6.67. The van der Waals surface area contributed by atoms with Gasteiger partial charge in [0.1, 0.15) is 12.4 Å². The number of ether oxygens (including phenoxy) is 1. The predicted octanol–water partition coefficient (Wildman–Crippen LogP) is 7.43. The van der Waals surface area contributed by atoms with Gasteiger partial charge in [0.2, 0.25) is 0 Å². The molecule has 0 aliphatic carbocycles. The van der Waals surface area contributed by atoms with Crippen molar-refractivity contribution in [3.63, 3.8) is 0 Å². The number of hydrogen-bond acceptors (Lipinski definition) is 2. The highest BCUT2D eigenvalue weighted by molar-refractivity contribution is 6.35. The third kappa shape index (κ3) is 6.02. The van der Waals surface area contributed by atoms with Gasteiger partial charge in [-0.15, -0.1) is 12.4 Å². The van der Waals surface area contributed by atoms with E-state index in [1.54, 1.807) is 6.07 Å². The van der Waals surface area contributed by atoms with Gasteiger partial charge >= 0.3 is 0 Å². The summed E-state index contributed by atoms with van der Waals surface area (Å²) in [6.45, 7) is 4.43. The number of nitrogens with one attached hydrogen (secondary N) is 1. The number of hydrogen-bond donors (Lipinski definition) is 1. The number of fused-ring (bicyclic) bond motifs is 1. The first kappa shape index (κ1) is 22.8. The lowest BCUT2D eigenvalue weighted by Gasteiger charge is -2.16. The minimum absolute atomic E-state index is 0. The first-order chi connectivity index (χ1) is 13.2. The molecule has 0 bridgehead atoms. The van der Waals surface area contributed by atoms with Crippen LogP contribution in [0.15, 0.2) is 54.6 Å². The van der Waals surface area contributed by atoms with Gasteiger partial charge in [-0.1, -0.05) is 79.4 Å². The van der Waals surface area contributed by atoms with Crippen LogP contribution in [0, 0.1) is 0 Å². The molecule has 0 fully saturated rings. The fourth-order valence-electron chi connectivity index (χ4n) is 3.14. The zero-order valence-electron chi connectivity index (χ0n) is 16.0. The summed E-state index contributed by atoms with van der Waals surface area (Å²) in [5.41, 5.74) is 2.12. The van der Waals surface area contributed by atoms with E-state index < -0.39 is 0 Å². The normalized spacial score (nSPS) is 10.7. The largest absolute Gasteiger partial charge is 0.488 e. The lowest BCUT2D eigenvalue weighted by atomic mass is 10.0. The highest BCUT2D eigenvalue weighted by atomic mass is 35.5. The molecule has 0 amide bonds. The molecule has 0 aliphatic rings. The molecule has 0 radical (unpaired) electrons. The number of halogens is 3. The van der Waals surface area contributed by atoms with Gasteiger partial charge < -0.3 is 10.1 Å². The lowest BCUT2D eigenvalue weighted by molar-refractivity contribution is 0.303. The van der Waals surface area contributed by atoms with Crippen LogP contribution in [0.25, 0.3) is 10.8 Å². The Morgan fingerprint density at radius 3 is 2.57 bits per heavy atom. The molecule has 0 aromatic heterocycles. The van der Waals surface area contributed by atoms with Crippen LogP contribution in [0.1, 0.15) is 37.3 Å². The van der Waals surface area contributed by atoms with Gasteiger partial charge in [-0.25, -0.2) is 0 Å². The van der Waals surface area contributed by atoms with Crippen molar-refractivity contribution >= 4 is 46.4 Å². The van der Waals surface area contributed by atoms with Crippen LogP contribution in [0.5, 0.6) is 5.75 Å². The molecule has 0 heterocycles. The van der Waals surface area contributed by atoms with E-state index in [1.165, 1.54) is 35.6 Å². The molecule has 3 rings (SSSR count). The van der Waals surface area contributed by atoms with E-state index in [0.29, 0.717) is 16.7 Å². The number of rotatable bonds is 9. The van der Waals surface area contributed by atoms with Gasteiger partial charge in [0.15, 0.2) is 0 Å². The van der Waals surface area contributed by atoms with E-state index >= 15 is 0 Å². The maximum Gasteiger partial charge on any atom is 0.124 e. The molecule has 5 heteroatoms. The molecular weight excluding hydrogens is 413 g/mol. The van der Waals surface area contributed by atoms with Crippen LogP contribution >= 0.6 is 35.6 Å². The zero-order valence-corrected chi connectivity index (χ0v) is 18.3. The van der Waals surface area contributed by atoms with Gasteiger partial charge in [0.25, 0.3) is 0 Å². The maximum atomic E-state index is 6.29. The molecule has 0 aliphatic heterocycles. The van der Waals surface area contributed by atoms with Crippen molar-refractivity contribution in [2.75, 3.05) is 6.54 Å². The molecule has 28 heavy (non-hydrogen) atoms. The van der Waals surface area contributed by atoms with Crippen molar-refractivity contribution in [3.05, 3.63) is 75.8 Å². The van der Waals surface area contributed by atoms with Crippen molar-refractivity contribution in [1.29, 1.82) is 0 Å². The standard InChI is InChI=1S/C23H25Cl2NO.ClH/c1-2-3-6-13-26-15-21-20-8-5-4-7-17(20)10-12-23(21)27-16-18-9-11-19(24)14-22(18)25;/h4-5,7-12,14,26H,2-3,6,13,15-16H2,1H3;1H. The van der Waals surface area contributed by atoms with Gasteiger partial charge in [-0.05, 0) is 41.9 Å². The van der Waals surface area contributed by atoms with Crippen LogP contribution in [-0.2, 0) is 13.2 Å². The second-order valence-corrected chi connectivity index (χ2v) is 7.52. The van der Waals surface area contributed by atoms with Gasteiger partial charge in [0, 0.05) is 27.7 Å². The summed E-state index contributed by atoms with van der Waals surface area (Å²) in [4.78, 5) is 0. The average molecular weight is 439 g/mol. The van der Waals surface area contributed by atoms with Crippen molar-refractivity contribution < 1.29 is 4.74 Å². The van der Waals surface area contributed by atoms with E-state index in [2.05, 4.69) is 48.6 Å². The van der Waals surface area contributed by atoms with Crippen molar-refractivity contribution in [2.24, 2.45) is 0 Å². The van der Waals surface area contributed by atoms with E-state index in [1.807, 2.05) is 12.1 Å². The fourth-order valence-corrected chi connectivity index (χ4v) is 3.60. The Hall–Kier alpha value is -1.45. The lowest BCUT2D eigenvalue weighted by Crippen LogP contribution is -2.15. The third-order valence-electron chi connectivity index (χ3n) is 4.65. The van der Waals surface area contributed by atoms with E-state index in [4.69, 9.17) is 27.9 Å². The quantitative estimate of drug-likeness (QED) is 0.351. The van der Waals surface area contributed by atoms with Crippen molar-refractivity contribution in [3.8, 4) is 5.75 Å². The molecule has 150 valence electrons. The Morgan fingerprint density at radius 2 is 1.79 bits per heavy atom. The highest BCUT2D eigenvalue weighted by Crippen LogP contribution is 2.30. The average Bonchev–Trinajstić information content (AvgIpc) is 2.68. The summed E-state index contributed by atoms with van der Waals surface area (Å²) < 4.78 is 6.16. The Kier molecular flexibility index (Phi) is 9.40. The van der Waals surface area contributed by atoms with Crippen molar-refractivity contribution in [2.45, 2.75) is 39.3 Å². The van der Waals surface area contributed by atoms with Crippen LogP contribution in [0.4, 0.5) is 0 Å². The number of unbranched alkanes of at least 4 members (excludes halogenated alkanes) is 2. The third-order valence-corrected chi connectivity index (χ3v) is 5.24. The molecule has 1 N–H and O–H groups in total. The highest BCUT2D eigenvalue weighted by Gasteiger charge is 2.10. The van der Waals surface area contributed by atoms with Crippen LogP contribution in [0.3, 0.4) is 0 Å². The van der Waals surface area contributed by atoms with Crippen molar-refractivity contribution in [1.82, 2.24) is 5.32 Å². The Labute approximate surface area is 183 Å². The summed E-state index contributed by atoms with van der Waals surface area (Å²) in [6.07, 6.45) is 3.67. The topological polar surface area (TPSA) is 21.3 Å². The Balaban J connectivity index is 0.00000280. The van der Waals surface area contributed by atoms with E-state index in [-0.39, 0.29) is 12.4 Å². The first-order valence-electron chi connectivity index (χ1n) is 9.47. The van der Waals surface area contributed by atoms with Crippen LogP contribution in [-0.4, -0.2) is 6.54 Å². The number of benzene rings is 3.